The van der Waals surface area contributed by atoms with Gasteiger partial charge in [-0.25, -0.2) is 9.97 Å². The van der Waals surface area contributed by atoms with Crippen molar-refractivity contribution in [2.45, 2.75) is 0 Å². The zero-order valence-electron chi connectivity index (χ0n) is 31.6. The molecule has 3 aromatic heterocycles. The van der Waals surface area contributed by atoms with Crippen molar-refractivity contribution < 1.29 is 0 Å². The highest BCUT2D eigenvalue weighted by Crippen LogP contribution is 2.39. The van der Waals surface area contributed by atoms with E-state index in [9.17, 15) is 0 Å². The van der Waals surface area contributed by atoms with Gasteiger partial charge in [-0.1, -0.05) is 158 Å². The molecule has 0 atom stereocenters. The first-order valence-corrected chi connectivity index (χ1v) is 19.6. The molecule has 0 fully saturated rings. The van der Waals surface area contributed by atoms with E-state index in [0.29, 0.717) is 5.95 Å². The highest BCUT2D eigenvalue weighted by Gasteiger charge is 2.19. The summed E-state index contributed by atoms with van der Waals surface area (Å²) in [5, 5.41) is 5.81. The molecule has 11 rings (SSSR count). The summed E-state index contributed by atoms with van der Waals surface area (Å²) < 4.78 is 4.57. The van der Waals surface area contributed by atoms with Crippen LogP contribution >= 0.6 is 0 Å². The number of aromatic nitrogens is 4. The minimum absolute atomic E-state index is 0.658. The van der Waals surface area contributed by atoms with Gasteiger partial charge in [-0.05, 0) is 82.4 Å². The summed E-state index contributed by atoms with van der Waals surface area (Å²) in [6.45, 7) is 3.97. The number of fused-ring (bicyclic) bond motifs is 7. The van der Waals surface area contributed by atoms with Crippen LogP contribution in [-0.4, -0.2) is 19.1 Å². The van der Waals surface area contributed by atoms with Crippen molar-refractivity contribution in [3.8, 4) is 45.1 Å². The second kappa shape index (κ2) is 13.7. The lowest BCUT2D eigenvalue weighted by atomic mass is 9.94. The maximum absolute atomic E-state index is 5.25. The topological polar surface area (TPSA) is 35.6 Å². The maximum Gasteiger partial charge on any atom is 0.235 e. The van der Waals surface area contributed by atoms with E-state index >= 15 is 0 Å². The quantitative estimate of drug-likeness (QED) is 0.153. The van der Waals surface area contributed by atoms with Gasteiger partial charge < -0.3 is 4.57 Å². The lowest BCUT2D eigenvalue weighted by molar-refractivity contribution is 1.01. The summed E-state index contributed by atoms with van der Waals surface area (Å²) in [6, 6.07) is 66.9. The van der Waals surface area contributed by atoms with E-state index in [2.05, 4.69) is 198 Å². The number of hydrogen-bond acceptors (Lipinski definition) is 2. The Labute approximate surface area is 335 Å². The second-order valence-corrected chi connectivity index (χ2v) is 14.7. The van der Waals surface area contributed by atoms with Gasteiger partial charge in [0.05, 0.1) is 33.3 Å². The Hall–Kier alpha value is -7.82. The van der Waals surface area contributed by atoms with Crippen molar-refractivity contribution in [3.63, 3.8) is 0 Å². The molecule has 4 nitrogen and oxygen atoms in total. The summed E-state index contributed by atoms with van der Waals surface area (Å²) in [6.07, 6.45) is 6.02. The lowest BCUT2D eigenvalue weighted by Crippen LogP contribution is -2.03. The molecule has 0 amide bonds. The van der Waals surface area contributed by atoms with Crippen molar-refractivity contribution >= 4 is 60.6 Å². The predicted octanol–water partition coefficient (Wildman–Crippen LogP) is 14.0. The monoisotopic (exact) mass is 740 g/mol. The van der Waals surface area contributed by atoms with Crippen molar-refractivity contribution in [3.05, 3.63) is 212 Å². The molecule has 0 saturated heterocycles. The third kappa shape index (κ3) is 5.46. The zero-order valence-corrected chi connectivity index (χ0v) is 31.6. The smallest absolute Gasteiger partial charge is 0.235 e. The summed E-state index contributed by atoms with van der Waals surface area (Å²) in [7, 11) is 0. The van der Waals surface area contributed by atoms with Crippen LogP contribution in [0.2, 0.25) is 0 Å². The van der Waals surface area contributed by atoms with E-state index in [1.807, 2.05) is 24.3 Å². The van der Waals surface area contributed by atoms with Crippen LogP contribution in [0.4, 0.5) is 0 Å². The summed E-state index contributed by atoms with van der Waals surface area (Å²) in [5.74, 6) is 0.658. The molecule has 11 aromatic rings. The zero-order chi connectivity index (χ0) is 38.6. The molecule has 8 aromatic carbocycles. The molecule has 0 N–H and O–H groups in total. The van der Waals surface area contributed by atoms with E-state index in [4.69, 9.17) is 9.97 Å². The van der Waals surface area contributed by atoms with Gasteiger partial charge in [-0.3, -0.25) is 4.57 Å². The third-order valence-corrected chi connectivity index (χ3v) is 11.3. The number of rotatable bonds is 7. The number of para-hydroxylation sites is 4. The van der Waals surface area contributed by atoms with E-state index in [0.717, 1.165) is 71.9 Å². The van der Waals surface area contributed by atoms with E-state index in [-0.39, 0.29) is 0 Å². The Kier molecular flexibility index (Phi) is 7.93. The molecule has 3 heterocycles. The van der Waals surface area contributed by atoms with Crippen LogP contribution < -0.4 is 0 Å². The van der Waals surface area contributed by atoms with Gasteiger partial charge in [-0.2, -0.15) is 0 Å². The van der Waals surface area contributed by atoms with Crippen molar-refractivity contribution in [1.29, 1.82) is 0 Å². The number of hydrogen-bond donors (Lipinski definition) is 0. The largest absolute Gasteiger partial charge is 0.309 e. The van der Waals surface area contributed by atoms with Crippen LogP contribution in [0.5, 0.6) is 0 Å². The Morgan fingerprint density at radius 3 is 1.74 bits per heavy atom. The average molecular weight is 741 g/mol. The van der Waals surface area contributed by atoms with E-state index < -0.39 is 0 Å². The molecule has 58 heavy (non-hydrogen) atoms. The Bertz CT molecular complexity index is 3390. The average Bonchev–Trinajstić information content (AvgIpc) is 3.80. The number of nitrogens with zero attached hydrogens (tertiary/aromatic N) is 4. The van der Waals surface area contributed by atoms with Gasteiger partial charge in [0.1, 0.15) is 0 Å². The molecule has 0 aliphatic heterocycles. The van der Waals surface area contributed by atoms with Crippen molar-refractivity contribution in [1.82, 2.24) is 19.1 Å². The normalized spacial score (nSPS) is 11.8. The number of allylic oxidation sites excluding steroid dienone is 2. The van der Waals surface area contributed by atoms with Crippen LogP contribution in [0.3, 0.4) is 0 Å². The molecule has 4 heteroatoms. The van der Waals surface area contributed by atoms with Crippen LogP contribution in [0.1, 0.15) is 5.56 Å². The first kappa shape index (κ1) is 33.5. The standard InChI is InChI=1S/C54H36N4/c1-2-3-16-40-34-52-47(43-22-11-14-25-49(43)57(52)41-19-8-5-9-20-41)35-45(40)37-29-27-36(28-30-37)39-31-32-51-46(33-39)42-21-12-15-26-50(42)58(51)54-55-48-24-13-10-23-44(48)53(56-54)38-17-6-4-7-18-38/h2-35H,1H2/b16-3-. The molecular weight excluding hydrogens is 705 g/mol. The molecule has 0 bridgehead atoms. The fourth-order valence-corrected chi connectivity index (χ4v) is 8.64. The molecule has 0 saturated carbocycles. The summed E-state index contributed by atoms with van der Waals surface area (Å²) >= 11 is 0. The Morgan fingerprint density at radius 1 is 0.414 bits per heavy atom. The molecular formula is C54H36N4. The molecule has 0 aliphatic rings. The van der Waals surface area contributed by atoms with Gasteiger partial charge >= 0.3 is 0 Å². The van der Waals surface area contributed by atoms with E-state index in [1.165, 1.54) is 27.4 Å². The second-order valence-electron chi connectivity index (χ2n) is 14.7. The Balaban J connectivity index is 1.03. The van der Waals surface area contributed by atoms with Gasteiger partial charge in [0.15, 0.2) is 0 Å². The van der Waals surface area contributed by atoms with Gasteiger partial charge in [0.2, 0.25) is 5.95 Å². The minimum atomic E-state index is 0.658. The molecule has 272 valence electrons. The molecule has 0 unspecified atom stereocenters. The summed E-state index contributed by atoms with van der Waals surface area (Å²) in [4.78, 5) is 10.4. The predicted molar refractivity (Wildman–Crippen MR) is 244 cm³/mol. The third-order valence-electron chi connectivity index (χ3n) is 11.3. The lowest BCUT2D eigenvalue weighted by Gasteiger charge is -2.12. The van der Waals surface area contributed by atoms with Crippen LogP contribution in [0.15, 0.2) is 207 Å². The van der Waals surface area contributed by atoms with Gasteiger partial charge in [0, 0.05) is 38.2 Å². The molecule has 0 spiro atoms. The van der Waals surface area contributed by atoms with Crippen molar-refractivity contribution in [2.24, 2.45) is 0 Å². The van der Waals surface area contributed by atoms with Gasteiger partial charge in [-0.15, -0.1) is 0 Å². The molecule has 0 radical (unpaired) electrons. The minimum Gasteiger partial charge on any atom is -0.309 e. The van der Waals surface area contributed by atoms with Gasteiger partial charge in [0.25, 0.3) is 0 Å². The first-order valence-electron chi connectivity index (χ1n) is 19.6. The fraction of sp³-hybridized carbons (Fsp3) is 0. The van der Waals surface area contributed by atoms with Crippen LogP contribution in [-0.2, 0) is 0 Å². The van der Waals surface area contributed by atoms with E-state index in [1.54, 1.807) is 0 Å². The first-order chi connectivity index (χ1) is 28.7. The van der Waals surface area contributed by atoms with Crippen LogP contribution in [0.25, 0.3) is 106 Å². The van der Waals surface area contributed by atoms with Crippen LogP contribution in [0, 0.1) is 0 Å². The molecule has 0 aliphatic carbocycles. The SMILES string of the molecule is C=C/C=C\c1cc2c(cc1-c1ccc(-c3ccc4c(c3)c3ccccc3n4-c3nc(-c4ccccc4)c4ccccc4n3)cc1)c1ccccc1n2-c1ccccc1. The van der Waals surface area contributed by atoms with Crippen molar-refractivity contribution in [2.75, 3.05) is 0 Å². The fourth-order valence-electron chi connectivity index (χ4n) is 8.64. The Morgan fingerprint density at radius 2 is 1.00 bits per heavy atom. The maximum atomic E-state index is 5.25. The highest BCUT2D eigenvalue weighted by atomic mass is 15.2. The highest BCUT2D eigenvalue weighted by molar-refractivity contribution is 6.12. The number of benzene rings is 8. The summed E-state index contributed by atoms with van der Waals surface area (Å²) in [5.41, 5.74) is 14.3.